The van der Waals surface area contributed by atoms with Crippen molar-refractivity contribution in [1.29, 1.82) is 0 Å². The second-order valence-electron chi connectivity index (χ2n) is 8.12. The number of hydrogen-bond donors (Lipinski definition) is 2. The van der Waals surface area contributed by atoms with Crippen LogP contribution in [0.25, 0.3) is 0 Å². The summed E-state index contributed by atoms with van der Waals surface area (Å²) in [6.07, 6.45) is -1.12. The molecule has 29 heavy (non-hydrogen) atoms. The van der Waals surface area contributed by atoms with Gasteiger partial charge in [0.2, 0.25) is 0 Å². The molecule has 0 radical (unpaired) electrons. The fourth-order valence-electron chi connectivity index (χ4n) is 2.21. The molecule has 1 aromatic rings. The van der Waals surface area contributed by atoms with Gasteiger partial charge in [-0.1, -0.05) is 44.0 Å². The van der Waals surface area contributed by atoms with Crippen LogP contribution < -0.4 is 10.5 Å². The molecular weight excluding hydrogens is 388 g/mol. The van der Waals surface area contributed by atoms with Crippen LogP contribution in [0.4, 0.5) is 4.79 Å². The molecule has 0 aliphatic carbocycles. The molecule has 1 rings (SSSR count). The normalized spacial score (nSPS) is 13.2. The van der Waals surface area contributed by atoms with Crippen molar-refractivity contribution in [2.75, 3.05) is 13.7 Å². The zero-order valence-electron chi connectivity index (χ0n) is 18.1. The Labute approximate surface area is 174 Å². The first-order chi connectivity index (χ1) is 13.5. The number of ether oxygens (including phenoxy) is 2. The third-order valence-electron chi connectivity index (χ3n) is 4.96. The van der Waals surface area contributed by atoms with Crippen LogP contribution in [0.5, 0.6) is 5.75 Å². The van der Waals surface area contributed by atoms with Crippen LogP contribution in [0.1, 0.15) is 32.8 Å². The topological polar surface area (TPSA) is 103 Å². The minimum atomic E-state index is -1.84. The van der Waals surface area contributed by atoms with Crippen molar-refractivity contribution in [3.63, 3.8) is 0 Å². The Morgan fingerprint density at radius 3 is 2.38 bits per heavy atom. The Morgan fingerprint density at radius 1 is 1.28 bits per heavy atom. The number of rotatable bonds is 8. The van der Waals surface area contributed by atoms with Crippen LogP contribution in [0.15, 0.2) is 29.4 Å². The standard InChI is InChI=1S/C21H32N2O5Si/c1-21(2,3)29(5,6)27-14-8-7-9-18(23-25)19(28-20(22)24)15-16-10-12-17(26-4)13-11-16/h10-13,19,25H,8,14-15H2,1-6H3,(H2,22,24)/t19-/m0/s1. The number of benzene rings is 1. The van der Waals surface area contributed by atoms with Gasteiger partial charge in [-0.3, -0.25) is 0 Å². The van der Waals surface area contributed by atoms with Crippen molar-refractivity contribution in [3.8, 4) is 17.6 Å². The summed E-state index contributed by atoms with van der Waals surface area (Å²) in [6.45, 7) is 11.4. The van der Waals surface area contributed by atoms with E-state index in [-0.39, 0.29) is 17.2 Å². The average molecular weight is 421 g/mol. The van der Waals surface area contributed by atoms with Crippen LogP contribution in [0, 0.1) is 11.8 Å². The molecule has 1 atom stereocenters. The summed E-state index contributed by atoms with van der Waals surface area (Å²) in [7, 11) is -0.258. The molecule has 8 heteroatoms. The van der Waals surface area contributed by atoms with Crippen molar-refractivity contribution < 1.29 is 23.9 Å². The first kappa shape index (κ1) is 24.5. The predicted molar refractivity (Wildman–Crippen MR) is 116 cm³/mol. The van der Waals surface area contributed by atoms with E-state index < -0.39 is 20.5 Å². The Morgan fingerprint density at radius 2 is 1.90 bits per heavy atom. The first-order valence-electron chi connectivity index (χ1n) is 9.44. The molecule has 0 spiro atoms. The van der Waals surface area contributed by atoms with E-state index in [1.807, 2.05) is 12.1 Å². The molecule has 0 heterocycles. The van der Waals surface area contributed by atoms with Crippen molar-refractivity contribution in [1.82, 2.24) is 0 Å². The zero-order valence-corrected chi connectivity index (χ0v) is 19.1. The molecule has 1 aromatic carbocycles. The highest BCUT2D eigenvalue weighted by atomic mass is 28.4. The number of methoxy groups -OCH3 is 1. The van der Waals surface area contributed by atoms with Crippen molar-refractivity contribution in [3.05, 3.63) is 29.8 Å². The van der Waals surface area contributed by atoms with Crippen LogP contribution in [0.3, 0.4) is 0 Å². The van der Waals surface area contributed by atoms with E-state index in [1.54, 1.807) is 19.2 Å². The molecule has 0 unspecified atom stereocenters. The molecule has 0 saturated carbocycles. The van der Waals surface area contributed by atoms with Crippen LogP contribution in [-0.2, 0) is 15.6 Å². The largest absolute Gasteiger partial charge is 0.497 e. The molecule has 0 fully saturated rings. The molecule has 160 valence electrons. The molecule has 3 N–H and O–H groups in total. The van der Waals surface area contributed by atoms with Gasteiger partial charge in [0.15, 0.2) is 20.1 Å². The third kappa shape index (κ3) is 8.17. The molecule has 0 aliphatic rings. The fourth-order valence-corrected chi connectivity index (χ4v) is 3.25. The maximum Gasteiger partial charge on any atom is 0.405 e. The smallest absolute Gasteiger partial charge is 0.405 e. The van der Waals surface area contributed by atoms with Crippen molar-refractivity contribution in [2.24, 2.45) is 10.9 Å². The number of primary amides is 1. The lowest BCUT2D eigenvalue weighted by atomic mass is 10.0. The van der Waals surface area contributed by atoms with E-state index in [0.29, 0.717) is 18.8 Å². The minimum Gasteiger partial charge on any atom is -0.497 e. The van der Waals surface area contributed by atoms with Gasteiger partial charge in [-0.05, 0) is 41.7 Å². The molecule has 0 aliphatic heterocycles. The van der Waals surface area contributed by atoms with Gasteiger partial charge in [0, 0.05) is 19.4 Å². The highest BCUT2D eigenvalue weighted by Gasteiger charge is 2.36. The number of nitrogens with zero attached hydrogens (tertiary/aromatic N) is 1. The summed E-state index contributed by atoms with van der Waals surface area (Å²) in [4.78, 5) is 11.3. The first-order valence-corrected chi connectivity index (χ1v) is 12.3. The second-order valence-corrected chi connectivity index (χ2v) is 12.9. The highest BCUT2D eigenvalue weighted by Crippen LogP contribution is 2.36. The minimum absolute atomic E-state index is 0.0342. The summed E-state index contributed by atoms with van der Waals surface area (Å²) < 4.78 is 16.3. The number of hydrogen-bond acceptors (Lipinski definition) is 6. The van der Waals surface area contributed by atoms with E-state index in [9.17, 15) is 10.0 Å². The highest BCUT2D eigenvalue weighted by molar-refractivity contribution is 6.74. The van der Waals surface area contributed by atoms with Gasteiger partial charge in [-0.15, -0.1) is 0 Å². The van der Waals surface area contributed by atoms with E-state index in [1.165, 1.54) is 0 Å². The van der Waals surface area contributed by atoms with Gasteiger partial charge in [0.25, 0.3) is 0 Å². The monoisotopic (exact) mass is 420 g/mol. The molecule has 0 saturated heterocycles. The molecule has 0 aromatic heterocycles. The average Bonchev–Trinajstić information content (AvgIpc) is 2.63. The van der Waals surface area contributed by atoms with E-state index in [4.69, 9.17) is 19.6 Å². The quantitative estimate of drug-likeness (QED) is 0.165. The van der Waals surface area contributed by atoms with Crippen molar-refractivity contribution >= 4 is 20.1 Å². The fraction of sp³-hybridized carbons (Fsp3) is 0.524. The maximum atomic E-state index is 11.3. The number of amides is 1. The number of carbonyl (C=O) groups is 1. The lowest BCUT2D eigenvalue weighted by Crippen LogP contribution is -2.40. The number of nitrogens with two attached hydrogens (primary N) is 1. The number of carbonyl (C=O) groups excluding carboxylic acids is 1. The summed E-state index contributed by atoms with van der Waals surface area (Å²) in [6, 6.07) is 7.23. The summed E-state index contributed by atoms with van der Waals surface area (Å²) >= 11 is 0. The van der Waals surface area contributed by atoms with Gasteiger partial charge in [-0.2, -0.15) is 0 Å². The van der Waals surface area contributed by atoms with Gasteiger partial charge in [-0.25, -0.2) is 4.79 Å². The Balaban J connectivity index is 2.79. The maximum absolute atomic E-state index is 11.3. The van der Waals surface area contributed by atoms with Gasteiger partial charge < -0.3 is 24.8 Å². The lowest BCUT2D eigenvalue weighted by Gasteiger charge is -2.35. The van der Waals surface area contributed by atoms with Gasteiger partial charge in [0.1, 0.15) is 5.75 Å². The van der Waals surface area contributed by atoms with E-state index in [2.05, 4.69) is 50.9 Å². The van der Waals surface area contributed by atoms with Crippen LogP contribution in [-0.4, -0.2) is 45.2 Å². The Hall–Kier alpha value is -2.50. The molecule has 7 nitrogen and oxygen atoms in total. The van der Waals surface area contributed by atoms with Crippen LogP contribution in [0.2, 0.25) is 18.1 Å². The van der Waals surface area contributed by atoms with Gasteiger partial charge in [0.05, 0.1) is 7.11 Å². The summed E-state index contributed by atoms with van der Waals surface area (Å²) in [5.74, 6) is 6.40. The van der Waals surface area contributed by atoms with Gasteiger partial charge >= 0.3 is 6.09 Å². The predicted octanol–water partition coefficient (Wildman–Crippen LogP) is 3.95. The Kier molecular flexibility index (Phi) is 9.21. The lowest BCUT2D eigenvalue weighted by molar-refractivity contribution is 0.136. The zero-order chi connectivity index (χ0) is 22.1. The van der Waals surface area contributed by atoms with Crippen molar-refractivity contribution in [2.45, 2.75) is 57.8 Å². The second kappa shape index (κ2) is 10.9. The van der Waals surface area contributed by atoms with E-state index in [0.717, 1.165) is 5.56 Å². The van der Waals surface area contributed by atoms with Crippen LogP contribution >= 0.6 is 0 Å². The Bertz CT molecular complexity index is 758. The SMILES string of the molecule is COc1ccc(C[C@H](OC(N)=O)C(C#CCCO[Si](C)(C)C(C)(C)C)=NO)cc1. The van der Waals surface area contributed by atoms with E-state index >= 15 is 0 Å². The molecular formula is C21H32N2O5Si. The molecule has 0 bridgehead atoms. The summed E-state index contributed by atoms with van der Waals surface area (Å²) in [5, 5.41) is 12.7. The number of oxime groups is 1. The molecule has 1 amide bonds. The summed E-state index contributed by atoms with van der Waals surface area (Å²) in [5.41, 5.74) is 6.05. The third-order valence-corrected chi connectivity index (χ3v) is 9.50.